The van der Waals surface area contributed by atoms with Crippen LogP contribution in [-0.4, -0.2) is 24.4 Å². The quantitative estimate of drug-likeness (QED) is 0.839. The number of thioether (sulfide) groups is 1. The Hall–Kier alpha value is -1.85. The number of nitrogens with one attached hydrogen (secondary N) is 1. The minimum absolute atomic E-state index is 0.113. The zero-order valence-corrected chi connectivity index (χ0v) is 14.1. The average Bonchev–Trinajstić information content (AvgIpc) is 2.56. The summed E-state index contributed by atoms with van der Waals surface area (Å²) in [4.78, 5) is 13.4. The number of hydrogen-bond donors (Lipinski definition) is 1. The summed E-state index contributed by atoms with van der Waals surface area (Å²) in [6, 6.07) is 13.2. The summed E-state index contributed by atoms with van der Waals surface area (Å²) < 4.78 is 11.0. The van der Waals surface area contributed by atoms with Crippen molar-refractivity contribution in [1.82, 2.24) is 0 Å². The minimum Gasteiger partial charge on any atom is -0.486 e. The van der Waals surface area contributed by atoms with Crippen molar-refractivity contribution in [3.05, 3.63) is 47.5 Å². The molecule has 1 aliphatic rings. The lowest BCUT2D eigenvalue weighted by atomic mass is 10.2. The third-order valence-electron chi connectivity index (χ3n) is 3.32. The molecule has 0 spiro atoms. The molecule has 1 N–H and O–H groups in total. The second-order valence-electron chi connectivity index (χ2n) is 5.04. The number of ether oxygens (including phenoxy) is 2. The Bertz CT molecular complexity index is 708. The van der Waals surface area contributed by atoms with Crippen molar-refractivity contribution < 1.29 is 14.3 Å². The summed E-state index contributed by atoms with van der Waals surface area (Å²) in [6.45, 7) is 2.85. The first-order chi connectivity index (χ1) is 11.1. The van der Waals surface area contributed by atoms with E-state index in [1.54, 1.807) is 12.1 Å². The van der Waals surface area contributed by atoms with Crippen molar-refractivity contribution in [3.63, 3.8) is 0 Å². The Kier molecular flexibility index (Phi) is 4.98. The Morgan fingerprint density at radius 3 is 2.52 bits per heavy atom. The van der Waals surface area contributed by atoms with Crippen molar-refractivity contribution in [2.75, 3.05) is 18.5 Å². The van der Waals surface area contributed by atoms with E-state index in [1.807, 2.05) is 37.3 Å². The van der Waals surface area contributed by atoms with Gasteiger partial charge in [0.1, 0.15) is 13.2 Å². The minimum atomic E-state index is -0.248. The Morgan fingerprint density at radius 2 is 1.83 bits per heavy atom. The molecule has 1 unspecified atom stereocenters. The molecule has 1 atom stereocenters. The normalized spacial score (nSPS) is 14.2. The predicted molar refractivity (Wildman–Crippen MR) is 92.8 cm³/mol. The van der Waals surface area contributed by atoms with Crippen LogP contribution in [0.4, 0.5) is 5.69 Å². The molecular formula is C17H16ClNO3S. The van der Waals surface area contributed by atoms with E-state index in [9.17, 15) is 4.79 Å². The molecule has 120 valence electrons. The first-order valence-electron chi connectivity index (χ1n) is 7.25. The summed E-state index contributed by atoms with van der Waals surface area (Å²) in [6.07, 6.45) is 0. The molecule has 0 fully saturated rings. The fraction of sp³-hybridized carbons (Fsp3) is 0.235. The molecule has 0 radical (unpaired) electrons. The number of fused-ring (bicyclic) bond motifs is 1. The zero-order chi connectivity index (χ0) is 16.2. The van der Waals surface area contributed by atoms with E-state index >= 15 is 0 Å². The van der Waals surface area contributed by atoms with Crippen LogP contribution in [0, 0.1) is 0 Å². The van der Waals surface area contributed by atoms with Gasteiger partial charge >= 0.3 is 0 Å². The van der Waals surface area contributed by atoms with Crippen molar-refractivity contribution >= 4 is 35.0 Å². The van der Waals surface area contributed by atoms with Gasteiger partial charge in [-0.2, -0.15) is 0 Å². The molecule has 4 nitrogen and oxygen atoms in total. The summed E-state index contributed by atoms with van der Waals surface area (Å²) in [7, 11) is 0. The van der Waals surface area contributed by atoms with Crippen molar-refractivity contribution in [2.24, 2.45) is 0 Å². The molecule has 2 aromatic carbocycles. The standard InChI is InChI=1S/C17H16ClNO3S/c1-11(23-12-5-3-2-4-6-12)17(20)19-14-10-16-15(9-13(14)18)21-7-8-22-16/h2-6,9-11H,7-8H2,1H3,(H,19,20). The van der Waals surface area contributed by atoms with E-state index in [0.717, 1.165) is 4.90 Å². The number of hydrogen-bond acceptors (Lipinski definition) is 4. The molecule has 0 saturated carbocycles. The van der Waals surface area contributed by atoms with Crippen molar-refractivity contribution in [3.8, 4) is 11.5 Å². The van der Waals surface area contributed by atoms with E-state index in [0.29, 0.717) is 35.4 Å². The summed E-state index contributed by atoms with van der Waals surface area (Å²) >= 11 is 7.71. The topological polar surface area (TPSA) is 47.6 Å². The van der Waals surface area contributed by atoms with E-state index in [-0.39, 0.29) is 11.2 Å². The van der Waals surface area contributed by atoms with Gasteiger partial charge in [0, 0.05) is 17.0 Å². The molecule has 23 heavy (non-hydrogen) atoms. The molecule has 3 rings (SSSR count). The van der Waals surface area contributed by atoms with Crippen molar-refractivity contribution in [1.29, 1.82) is 0 Å². The van der Waals surface area contributed by atoms with Gasteiger partial charge in [0.15, 0.2) is 11.5 Å². The van der Waals surface area contributed by atoms with Crippen LogP contribution in [-0.2, 0) is 4.79 Å². The lowest BCUT2D eigenvalue weighted by Gasteiger charge is -2.20. The van der Waals surface area contributed by atoms with E-state index in [4.69, 9.17) is 21.1 Å². The molecule has 0 aliphatic carbocycles. The van der Waals surface area contributed by atoms with Gasteiger partial charge in [0.2, 0.25) is 5.91 Å². The predicted octanol–water partition coefficient (Wildman–Crippen LogP) is 4.23. The maximum absolute atomic E-state index is 12.4. The highest BCUT2D eigenvalue weighted by Crippen LogP contribution is 2.38. The molecule has 2 aromatic rings. The second kappa shape index (κ2) is 7.15. The molecule has 6 heteroatoms. The monoisotopic (exact) mass is 349 g/mol. The second-order valence-corrected chi connectivity index (χ2v) is 6.86. The van der Waals surface area contributed by atoms with Crippen molar-refractivity contribution in [2.45, 2.75) is 17.1 Å². The van der Waals surface area contributed by atoms with Gasteiger partial charge in [0.05, 0.1) is 16.0 Å². The maximum Gasteiger partial charge on any atom is 0.237 e. The van der Waals surface area contributed by atoms with Gasteiger partial charge < -0.3 is 14.8 Å². The van der Waals surface area contributed by atoms with Crippen LogP contribution < -0.4 is 14.8 Å². The first-order valence-corrected chi connectivity index (χ1v) is 8.51. The Morgan fingerprint density at radius 1 is 1.17 bits per heavy atom. The number of amides is 1. The highest BCUT2D eigenvalue weighted by atomic mass is 35.5. The van der Waals surface area contributed by atoms with Gasteiger partial charge in [-0.1, -0.05) is 29.8 Å². The summed E-state index contributed by atoms with van der Waals surface area (Å²) in [5.41, 5.74) is 0.529. The van der Waals surface area contributed by atoms with Crippen LogP contribution >= 0.6 is 23.4 Å². The number of carbonyl (C=O) groups excluding carboxylic acids is 1. The molecular weight excluding hydrogens is 334 g/mol. The number of rotatable bonds is 4. The van der Waals surface area contributed by atoms with Gasteiger partial charge in [-0.15, -0.1) is 11.8 Å². The Labute approximate surface area is 144 Å². The van der Waals surface area contributed by atoms with Crippen LogP contribution in [0.1, 0.15) is 6.92 Å². The number of halogens is 1. The third-order valence-corrected chi connectivity index (χ3v) is 4.74. The molecule has 0 aromatic heterocycles. The Balaban J connectivity index is 1.70. The third kappa shape index (κ3) is 3.92. The summed E-state index contributed by atoms with van der Waals surface area (Å²) in [5, 5.41) is 3.03. The highest BCUT2D eigenvalue weighted by molar-refractivity contribution is 8.00. The molecule has 0 bridgehead atoms. The fourth-order valence-corrected chi connectivity index (χ4v) is 3.24. The van der Waals surface area contributed by atoms with Gasteiger partial charge in [-0.05, 0) is 19.1 Å². The van der Waals surface area contributed by atoms with Crippen LogP contribution in [0.15, 0.2) is 47.4 Å². The number of benzene rings is 2. The lowest BCUT2D eigenvalue weighted by molar-refractivity contribution is -0.115. The van der Waals surface area contributed by atoms with E-state index < -0.39 is 0 Å². The van der Waals surface area contributed by atoms with Crippen LogP contribution in [0.5, 0.6) is 11.5 Å². The smallest absolute Gasteiger partial charge is 0.237 e. The molecule has 1 amide bonds. The van der Waals surface area contributed by atoms with Gasteiger partial charge in [-0.25, -0.2) is 0 Å². The number of carbonyl (C=O) groups is 1. The molecule has 1 aliphatic heterocycles. The van der Waals surface area contributed by atoms with Crippen LogP contribution in [0.3, 0.4) is 0 Å². The molecule has 1 heterocycles. The largest absolute Gasteiger partial charge is 0.486 e. The first kappa shape index (κ1) is 16.0. The average molecular weight is 350 g/mol. The fourth-order valence-electron chi connectivity index (χ4n) is 2.15. The zero-order valence-electron chi connectivity index (χ0n) is 12.5. The van der Waals surface area contributed by atoms with Gasteiger partial charge in [0.25, 0.3) is 0 Å². The number of anilines is 1. The lowest BCUT2D eigenvalue weighted by Crippen LogP contribution is -2.23. The van der Waals surface area contributed by atoms with Gasteiger partial charge in [-0.3, -0.25) is 4.79 Å². The maximum atomic E-state index is 12.4. The SMILES string of the molecule is CC(Sc1ccccc1)C(=O)Nc1cc2c(cc1Cl)OCCO2. The van der Waals surface area contributed by atoms with E-state index in [1.165, 1.54) is 11.8 Å². The van der Waals surface area contributed by atoms with E-state index in [2.05, 4.69) is 5.32 Å². The van der Waals surface area contributed by atoms with Crippen LogP contribution in [0.25, 0.3) is 0 Å². The van der Waals surface area contributed by atoms with Crippen LogP contribution in [0.2, 0.25) is 5.02 Å². The highest BCUT2D eigenvalue weighted by Gasteiger charge is 2.19. The summed E-state index contributed by atoms with van der Waals surface area (Å²) in [5.74, 6) is 1.09. The molecule has 0 saturated heterocycles.